The van der Waals surface area contributed by atoms with Crippen molar-refractivity contribution in [3.8, 4) is 0 Å². The molecular formula is C19H27N3O3. The molecule has 3 N–H and O–H groups in total. The summed E-state index contributed by atoms with van der Waals surface area (Å²) in [6.07, 6.45) is 1.81. The molecule has 0 aliphatic carbocycles. The Kier molecular flexibility index (Phi) is 6.17. The van der Waals surface area contributed by atoms with Gasteiger partial charge in [-0.25, -0.2) is 0 Å². The van der Waals surface area contributed by atoms with Crippen molar-refractivity contribution < 1.29 is 14.4 Å². The molecule has 1 aromatic rings. The van der Waals surface area contributed by atoms with Crippen LogP contribution in [-0.2, 0) is 20.8 Å². The van der Waals surface area contributed by atoms with E-state index in [1.165, 1.54) is 5.56 Å². The molecule has 0 aromatic heterocycles. The quantitative estimate of drug-likeness (QED) is 0.786. The molecule has 1 fully saturated rings. The molecule has 136 valence electrons. The molecular weight excluding hydrogens is 318 g/mol. The van der Waals surface area contributed by atoms with Crippen LogP contribution in [0, 0.1) is 11.8 Å². The van der Waals surface area contributed by atoms with Crippen LogP contribution in [0.15, 0.2) is 24.3 Å². The van der Waals surface area contributed by atoms with E-state index in [1.807, 2.05) is 38.1 Å². The average Bonchev–Trinajstić information content (AvgIpc) is 3.00. The lowest BCUT2D eigenvalue weighted by atomic mass is 9.97. The third kappa shape index (κ3) is 4.38. The number of amides is 3. The zero-order chi connectivity index (χ0) is 18.6. The summed E-state index contributed by atoms with van der Waals surface area (Å²) in [6.45, 7) is 6.20. The topological polar surface area (TPSA) is 92.5 Å². The Labute approximate surface area is 148 Å². The lowest BCUT2D eigenvalue weighted by Crippen LogP contribution is -2.50. The number of anilines is 1. The Balaban J connectivity index is 2.05. The monoisotopic (exact) mass is 345 g/mol. The van der Waals surface area contributed by atoms with Crippen LogP contribution in [0.5, 0.6) is 0 Å². The minimum atomic E-state index is -0.703. The molecule has 0 bridgehead atoms. The first-order valence-corrected chi connectivity index (χ1v) is 8.86. The van der Waals surface area contributed by atoms with Gasteiger partial charge in [0.1, 0.15) is 6.04 Å². The Morgan fingerprint density at radius 1 is 1.28 bits per heavy atom. The first-order valence-electron chi connectivity index (χ1n) is 8.86. The summed E-state index contributed by atoms with van der Waals surface area (Å²) in [5, 5.41) is 2.73. The second-order valence-electron chi connectivity index (χ2n) is 6.70. The van der Waals surface area contributed by atoms with Crippen LogP contribution in [0.25, 0.3) is 0 Å². The molecule has 6 heteroatoms. The lowest BCUT2D eigenvalue weighted by Gasteiger charge is -2.23. The Hall–Kier alpha value is -2.37. The Morgan fingerprint density at radius 2 is 1.92 bits per heavy atom. The van der Waals surface area contributed by atoms with Gasteiger partial charge in [-0.2, -0.15) is 0 Å². The minimum Gasteiger partial charge on any atom is -0.368 e. The smallest absolute Gasteiger partial charge is 0.240 e. The average molecular weight is 345 g/mol. The summed E-state index contributed by atoms with van der Waals surface area (Å²) < 4.78 is 0. The molecule has 25 heavy (non-hydrogen) atoms. The van der Waals surface area contributed by atoms with Gasteiger partial charge in [0, 0.05) is 18.7 Å². The van der Waals surface area contributed by atoms with Crippen molar-refractivity contribution in [2.24, 2.45) is 17.6 Å². The maximum Gasteiger partial charge on any atom is 0.240 e. The van der Waals surface area contributed by atoms with E-state index in [0.29, 0.717) is 6.54 Å². The fraction of sp³-hybridized carbons (Fsp3) is 0.526. The summed E-state index contributed by atoms with van der Waals surface area (Å²) in [7, 11) is 0. The van der Waals surface area contributed by atoms with Crippen LogP contribution in [0.3, 0.4) is 0 Å². The van der Waals surface area contributed by atoms with Crippen LogP contribution in [0.2, 0.25) is 0 Å². The van der Waals surface area contributed by atoms with Crippen LogP contribution in [0.1, 0.15) is 39.2 Å². The van der Waals surface area contributed by atoms with E-state index in [0.717, 1.165) is 18.5 Å². The lowest BCUT2D eigenvalue weighted by molar-refractivity contribution is -0.131. The number of aryl methyl sites for hydroxylation is 1. The van der Waals surface area contributed by atoms with Gasteiger partial charge in [-0.1, -0.05) is 39.3 Å². The van der Waals surface area contributed by atoms with Crippen molar-refractivity contribution in [1.82, 2.24) is 5.32 Å². The van der Waals surface area contributed by atoms with E-state index in [9.17, 15) is 14.4 Å². The van der Waals surface area contributed by atoms with Crippen LogP contribution >= 0.6 is 0 Å². The minimum absolute atomic E-state index is 0.0451. The van der Waals surface area contributed by atoms with E-state index in [1.54, 1.807) is 4.90 Å². The molecule has 0 radical (unpaired) electrons. The largest absolute Gasteiger partial charge is 0.368 e. The highest BCUT2D eigenvalue weighted by Crippen LogP contribution is 2.26. The molecule has 1 aliphatic heterocycles. The highest BCUT2D eigenvalue weighted by atomic mass is 16.2. The van der Waals surface area contributed by atoms with Crippen LogP contribution in [0.4, 0.5) is 5.69 Å². The Bertz CT molecular complexity index is 642. The van der Waals surface area contributed by atoms with Crippen molar-refractivity contribution in [2.45, 2.75) is 46.1 Å². The van der Waals surface area contributed by atoms with E-state index in [-0.39, 0.29) is 24.2 Å². The van der Waals surface area contributed by atoms with Crippen molar-refractivity contribution in [3.05, 3.63) is 29.8 Å². The van der Waals surface area contributed by atoms with Crippen molar-refractivity contribution in [3.63, 3.8) is 0 Å². The molecule has 2 rings (SSSR count). The first kappa shape index (κ1) is 19.0. The van der Waals surface area contributed by atoms with E-state index in [2.05, 4.69) is 12.2 Å². The third-order valence-corrected chi connectivity index (χ3v) is 4.97. The van der Waals surface area contributed by atoms with Gasteiger partial charge in [0.05, 0.1) is 5.92 Å². The molecule has 3 atom stereocenters. The van der Waals surface area contributed by atoms with Crippen molar-refractivity contribution >= 4 is 23.4 Å². The van der Waals surface area contributed by atoms with Gasteiger partial charge >= 0.3 is 0 Å². The van der Waals surface area contributed by atoms with Crippen molar-refractivity contribution in [1.29, 1.82) is 0 Å². The number of hydrogen-bond donors (Lipinski definition) is 2. The maximum absolute atomic E-state index is 12.5. The number of benzene rings is 1. The normalized spacial score (nSPS) is 19.6. The molecule has 3 amide bonds. The van der Waals surface area contributed by atoms with E-state index in [4.69, 9.17) is 5.73 Å². The highest BCUT2D eigenvalue weighted by Gasteiger charge is 2.37. The van der Waals surface area contributed by atoms with Gasteiger partial charge < -0.3 is 16.0 Å². The van der Waals surface area contributed by atoms with Gasteiger partial charge in [-0.3, -0.25) is 14.4 Å². The highest BCUT2D eigenvalue weighted by molar-refractivity contribution is 6.01. The molecule has 0 spiro atoms. The van der Waals surface area contributed by atoms with Gasteiger partial charge in [-0.15, -0.1) is 0 Å². The number of nitrogens with zero attached hydrogens (tertiary/aromatic N) is 1. The number of carbonyl (C=O) groups excluding carboxylic acids is 3. The molecule has 3 unspecified atom stereocenters. The number of nitrogens with two attached hydrogens (primary N) is 1. The molecule has 0 saturated carbocycles. The first-order chi connectivity index (χ1) is 11.9. The number of hydrogen-bond acceptors (Lipinski definition) is 3. The molecule has 1 aliphatic rings. The van der Waals surface area contributed by atoms with Gasteiger partial charge in [-0.05, 0) is 30.0 Å². The van der Waals surface area contributed by atoms with E-state index < -0.39 is 17.9 Å². The van der Waals surface area contributed by atoms with Crippen LogP contribution < -0.4 is 16.0 Å². The van der Waals surface area contributed by atoms with Gasteiger partial charge in [0.25, 0.3) is 0 Å². The summed E-state index contributed by atoms with van der Waals surface area (Å²) >= 11 is 0. The van der Waals surface area contributed by atoms with Crippen molar-refractivity contribution in [2.75, 3.05) is 11.4 Å². The SMILES string of the molecule is CCc1ccc(N2CC(C(=O)NC(C(N)=O)C(C)CC)CC2=O)cc1. The van der Waals surface area contributed by atoms with E-state index >= 15 is 0 Å². The second-order valence-corrected chi connectivity index (χ2v) is 6.70. The Morgan fingerprint density at radius 3 is 2.44 bits per heavy atom. The third-order valence-electron chi connectivity index (χ3n) is 4.97. The zero-order valence-electron chi connectivity index (χ0n) is 15.1. The number of carbonyl (C=O) groups is 3. The fourth-order valence-corrected chi connectivity index (χ4v) is 3.04. The predicted octanol–water partition coefficient (Wildman–Crippen LogP) is 1.62. The molecule has 1 heterocycles. The number of nitrogens with one attached hydrogen (secondary N) is 1. The second kappa shape index (κ2) is 8.14. The standard InChI is InChI=1S/C19H27N3O3/c1-4-12(3)17(18(20)24)21-19(25)14-10-16(23)22(11-14)15-8-6-13(5-2)7-9-15/h6-9,12,14,17H,4-5,10-11H2,1-3H3,(H2,20,24)(H,21,25). The number of primary amides is 1. The summed E-state index contributed by atoms with van der Waals surface area (Å²) in [5.74, 6) is -1.42. The van der Waals surface area contributed by atoms with Gasteiger partial charge in [0.15, 0.2) is 0 Å². The predicted molar refractivity (Wildman–Crippen MR) is 96.9 cm³/mol. The number of rotatable bonds is 7. The summed E-state index contributed by atoms with van der Waals surface area (Å²) in [5.41, 5.74) is 7.40. The maximum atomic E-state index is 12.5. The van der Waals surface area contributed by atoms with Crippen LogP contribution in [-0.4, -0.2) is 30.3 Å². The summed E-state index contributed by atoms with van der Waals surface area (Å²) in [4.78, 5) is 38.0. The summed E-state index contributed by atoms with van der Waals surface area (Å²) in [6, 6.07) is 7.08. The zero-order valence-corrected chi connectivity index (χ0v) is 15.1. The molecule has 6 nitrogen and oxygen atoms in total. The van der Waals surface area contributed by atoms with Gasteiger partial charge in [0.2, 0.25) is 17.7 Å². The molecule has 1 aromatic carbocycles. The fourth-order valence-electron chi connectivity index (χ4n) is 3.04. The molecule has 1 saturated heterocycles.